The maximum absolute atomic E-state index is 11.8. The topological polar surface area (TPSA) is 32.3 Å². The van der Waals surface area contributed by atoms with Crippen molar-refractivity contribution >= 4 is 11.6 Å². The summed E-state index contributed by atoms with van der Waals surface area (Å²) in [5.41, 5.74) is 0.855. The monoisotopic (exact) mass is 203 g/mol. The van der Waals surface area contributed by atoms with Crippen molar-refractivity contribution in [2.24, 2.45) is 5.92 Å². The van der Waals surface area contributed by atoms with Crippen molar-refractivity contribution in [2.45, 2.75) is 6.42 Å². The Morgan fingerprint density at radius 2 is 2.27 bits per heavy atom. The molecule has 0 aliphatic carbocycles. The van der Waals surface area contributed by atoms with Gasteiger partial charge in [0.25, 0.3) is 0 Å². The lowest BCUT2D eigenvalue weighted by atomic mass is 10.1. The van der Waals surface area contributed by atoms with Gasteiger partial charge in [-0.25, -0.2) is 0 Å². The Morgan fingerprint density at radius 3 is 2.87 bits per heavy atom. The quantitative estimate of drug-likeness (QED) is 0.787. The lowest BCUT2D eigenvalue weighted by molar-refractivity contribution is -0.119. The van der Waals surface area contributed by atoms with E-state index in [4.69, 9.17) is 0 Å². The Bertz CT molecular complexity index is 337. The molecule has 0 aromatic heterocycles. The van der Waals surface area contributed by atoms with E-state index in [-0.39, 0.29) is 11.8 Å². The van der Waals surface area contributed by atoms with E-state index >= 15 is 0 Å². The molecule has 1 aliphatic rings. The van der Waals surface area contributed by atoms with E-state index in [0.29, 0.717) is 0 Å². The van der Waals surface area contributed by atoms with Gasteiger partial charge in [0.1, 0.15) is 0 Å². The van der Waals surface area contributed by atoms with Gasteiger partial charge in [-0.15, -0.1) is 0 Å². The third-order valence-corrected chi connectivity index (χ3v) is 2.75. The second-order valence-electron chi connectivity index (χ2n) is 4.03. The lowest BCUT2D eigenvalue weighted by Gasteiger charge is -2.10. The van der Waals surface area contributed by atoms with Crippen LogP contribution in [0, 0.1) is 12.0 Å². The first-order chi connectivity index (χ1) is 7.25. The second kappa shape index (κ2) is 4.45. The van der Waals surface area contributed by atoms with Gasteiger partial charge in [-0.3, -0.25) is 4.79 Å². The SMILES string of the molecule is CN1CC[C@@H](C(=O)Nc2cc[c]cc2)C1. The summed E-state index contributed by atoms with van der Waals surface area (Å²) in [5, 5.41) is 2.92. The highest BCUT2D eigenvalue weighted by Crippen LogP contribution is 2.16. The number of nitrogens with zero attached hydrogens (tertiary/aromatic N) is 1. The summed E-state index contributed by atoms with van der Waals surface area (Å²) in [6, 6.07) is 10.2. The van der Waals surface area contributed by atoms with Crippen LogP contribution < -0.4 is 5.32 Å². The van der Waals surface area contributed by atoms with E-state index in [0.717, 1.165) is 25.2 Å². The fourth-order valence-corrected chi connectivity index (χ4v) is 1.86. The van der Waals surface area contributed by atoms with Gasteiger partial charge in [-0.2, -0.15) is 0 Å². The summed E-state index contributed by atoms with van der Waals surface area (Å²) in [6.45, 7) is 1.88. The number of carbonyl (C=O) groups is 1. The standard InChI is InChI=1S/C12H15N2O/c1-14-8-7-10(9-14)12(15)13-11-5-3-2-4-6-11/h3-6,10H,7-9H2,1H3,(H,13,15)/t10-/m1/s1. The largest absolute Gasteiger partial charge is 0.326 e. The van der Waals surface area contributed by atoms with Crippen molar-refractivity contribution in [3.8, 4) is 0 Å². The maximum atomic E-state index is 11.8. The predicted molar refractivity (Wildman–Crippen MR) is 59.5 cm³/mol. The van der Waals surface area contributed by atoms with Crippen LogP contribution in [0.15, 0.2) is 24.3 Å². The number of likely N-dealkylation sites (tertiary alicyclic amines) is 1. The molecule has 1 aliphatic heterocycles. The zero-order valence-corrected chi connectivity index (χ0v) is 8.86. The Balaban J connectivity index is 1.93. The van der Waals surface area contributed by atoms with Gasteiger partial charge in [-0.05, 0) is 38.2 Å². The van der Waals surface area contributed by atoms with Crippen LogP contribution in [0.5, 0.6) is 0 Å². The van der Waals surface area contributed by atoms with Crippen molar-refractivity contribution in [3.63, 3.8) is 0 Å². The van der Waals surface area contributed by atoms with Crippen molar-refractivity contribution in [1.82, 2.24) is 4.90 Å². The summed E-state index contributed by atoms with van der Waals surface area (Å²) in [5.74, 6) is 0.268. The molecule has 1 saturated heterocycles. The third-order valence-electron chi connectivity index (χ3n) is 2.75. The van der Waals surface area contributed by atoms with Crippen LogP contribution in [-0.4, -0.2) is 30.9 Å². The van der Waals surface area contributed by atoms with E-state index in [1.54, 1.807) is 12.1 Å². The van der Waals surface area contributed by atoms with Crippen LogP contribution in [0.2, 0.25) is 0 Å². The highest BCUT2D eigenvalue weighted by molar-refractivity contribution is 5.92. The molecule has 3 heteroatoms. The van der Waals surface area contributed by atoms with Crippen molar-refractivity contribution < 1.29 is 4.79 Å². The number of hydrogen-bond donors (Lipinski definition) is 1. The summed E-state index contributed by atoms with van der Waals surface area (Å²) in [4.78, 5) is 14.0. The Morgan fingerprint density at radius 1 is 1.53 bits per heavy atom. The zero-order chi connectivity index (χ0) is 10.7. The first-order valence-electron chi connectivity index (χ1n) is 5.21. The smallest absolute Gasteiger partial charge is 0.228 e. The van der Waals surface area contributed by atoms with Crippen LogP contribution in [0.3, 0.4) is 0 Å². The van der Waals surface area contributed by atoms with Crippen LogP contribution in [0.4, 0.5) is 5.69 Å². The minimum Gasteiger partial charge on any atom is -0.326 e. The molecule has 0 spiro atoms. The molecule has 1 atom stereocenters. The van der Waals surface area contributed by atoms with Crippen LogP contribution in [-0.2, 0) is 4.79 Å². The Kier molecular flexibility index (Phi) is 3.02. The Labute approximate surface area is 90.1 Å². The molecule has 79 valence electrons. The Hall–Kier alpha value is -1.35. The normalized spacial score (nSPS) is 21.5. The average Bonchev–Trinajstić information content (AvgIpc) is 2.66. The number of rotatable bonds is 2. The fraction of sp³-hybridized carbons (Fsp3) is 0.417. The van der Waals surface area contributed by atoms with Crippen molar-refractivity contribution in [2.75, 3.05) is 25.5 Å². The molecule has 0 saturated carbocycles. The van der Waals surface area contributed by atoms with Gasteiger partial charge >= 0.3 is 0 Å². The number of carbonyl (C=O) groups excluding carboxylic acids is 1. The molecule has 0 unspecified atom stereocenters. The minimum atomic E-state index is 0.130. The first-order valence-corrected chi connectivity index (χ1v) is 5.21. The third kappa shape index (κ3) is 2.57. The van der Waals surface area contributed by atoms with Crippen molar-refractivity contribution in [1.29, 1.82) is 0 Å². The minimum absolute atomic E-state index is 0.130. The average molecular weight is 203 g/mol. The molecule has 1 fully saturated rings. The van der Waals surface area contributed by atoms with E-state index < -0.39 is 0 Å². The molecule has 0 bridgehead atoms. The van der Waals surface area contributed by atoms with E-state index in [1.165, 1.54) is 0 Å². The molecule has 1 aromatic rings. The van der Waals surface area contributed by atoms with Crippen LogP contribution in [0.25, 0.3) is 0 Å². The number of benzene rings is 1. The van der Waals surface area contributed by atoms with Crippen molar-refractivity contribution in [3.05, 3.63) is 30.3 Å². The molecule has 1 radical (unpaired) electrons. The summed E-state index contributed by atoms with van der Waals surface area (Å²) < 4.78 is 0. The number of anilines is 1. The predicted octanol–water partition coefficient (Wildman–Crippen LogP) is 1.38. The van der Waals surface area contributed by atoms with Gasteiger partial charge in [0.2, 0.25) is 5.91 Å². The van der Waals surface area contributed by atoms with Gasteiger partial charge in [0.15, 0.2) is 0 Å². The summed E-state index contributed by atoms with van der Waals surface area (Å²) in [6.07, 6.45) is 0.960. The molecule has 3 nitrogen and oxygen atoms in total. The molecular weight excluding hydrogens is 188 g/mol. The maximum Gasteiger partial charge on any atom is 0.228 e. The van der Waals surface area contributed by atoms with Gasteiger partial charge < -0.3 is 10.2 Å². The second-order valence-corrected chi connectivity index (χ2v) is 4.03. The molecule has 1 aromatic carbocycles. The molecule has 1 amide bonds. The van der Waals surface area contributed by atoms with Crippen LogP contribution in [0.1, 0.15) is 6.42 Å². The van der Waals surface area contributed by atoms with Crippen LogP contribution >= 0.6 is 0 Å². The number of hydrogen-bond acceptors (Lipinski definition) is 2. The van der Waals surface area contributed by atoms with E-state index in [1.807, 2.05) is 19.2 Å². The van der Waals surface area contributed by atoms with E-state index in [9.17, 15) is 4.79 Å². The number of amides is 1. The molecule has 15 heavy (non-hydrogen) atoms. The molecule has 1 heterocycles. The highest BCUT2D eigenvalue weighted by atomic mass is 16.1. The van der Waals surface area contributed by atoms with Gasteiger partial charge in [0.05, 0.1) is 5.92 Å². The van der Waals surface area contributed by atoms with Gasteiger partial charge in [-0.1, -0.05) is 12.1 Å². The zero-order valence-electron chi connectivity index (χ0n) is 8.86. The lowest BCUT2D eigenvalue weighted by Crippen LogP contribution is -2.25. The highest BCUT2D eigenvalue weighted by Gasteiger charge is 2.25. The fourth-order valence-electron chi connectivity index (χ4n) is 1.86. The molecule has 1 N–H and O–H groups in total. The molecular formula is C12H15N2O. The first kappa shape index (κ1) is 10.2. The summed E-state index contributed by atoms with van der Waals surface area (Å²) in [7, 11) is 2.05. The van der Waals surface area contributed by atoms with E-state index in [2.05, 4.69) is 16.3 Å². The summed E-state index contributed by atoms with van der Waals surface area (Å²) >= 11 is 0. The number of nitrogens with one attached hydrogen (secondary N) is 1. The van der Waals surface area contributed by atoms with Gasteiger partial charge in [0, 0.05) is 12.2 Å². The molecule has 2 rings (SSSR count).